The number of nitrogens with zero attached hydrogens (tertiary/aromatic N) is 1. The Morgan fingerprint density at radius 2 is 2.00 bits per heavy atom. The summed E-state index contributed by atoms with van der Waals surface area (Å²) in [5, 5.41) is 5.75. The van der Waals surface area contributed by atoms with Crippen LogP contribution in [0.15, 0.2) is 53.5 Å². The number of halogens is 1. The average Bonchev–Trinajstić information content (AvgIpc) is 2.96. The van der Waals surface area contributed by atoms with Gasteiger partial charge in [-0.05, 0) is 24.3 Å². The molecule has 134 valence electrons. The second-order valence-corrected chi connectivity index (χ2v) is 7.02. The van der Waals surface area contributed by atoms with Gasteiger partial charge in [-0.1, -0.05) is 47.6 Å². The number of benzene rings is 2. The van der Waals surface area contributed by atoms with E-state index in [2.05, 4.69) is 15.6 Å². The lowest BCUT2D eigenvalue weighted by Crippen LogP contribution is -2.28. The van der Waals surface area contributed by atoms with Gasteiger partial charge < -0.3 is 15.4 Å². The number of thioether (sulfide) groups is 1. The van der Waals surface area contributed by atoms with Crippen LogP contribution in [-0.4, -0.2) is 29.3 Å². The van der Waals surface area contributed by atoms with Crippen molar-refractivity contribution in [3.63, 3.8) is 0 Å². The fourth-order valence-electron chi connectivity index (χ4n) is 2.36. The standard InChI is InChI=1S/C18H16ClN3O3S/c1-25-14-9-5-4-8-13(14)21-18-22-17(24)15(26-18)10-16(23)20-12-7-3-2-6-11(12)19/h2-9,15H,10H2,1H3,(H,20,23)(H,21,22,24)/t15-/m1/s1. The third-order valence-electron chi connectivity index (χ3n) is 3.60. The first kappa shape index (κ1) is 18.3. The lowest BCUT2D eigenvalue weighted by atomic mass is 10.2. The number of amides is 2. The van der Waals surface area contributed by atoms with Crippen molar-refractivity contribution in [2.24, 2.45) is 4.99 Å². The average molecular weight is 390 g/mol. The third-order valence-corrected chi connectivity index (χ3v) is 5.01. The van der Waals surface area contributed by atoms with Crippen LogP contribution < -0.4 is 15.4 Å². The van der Waals surface area contributed by atoms with E-state index in [0.717, 1.165) is 0 Å². The largest absolute Gasteiger partial charge is 0.494 e. The highest BCUT2D eigenvalue weighted by Gasteiger charge is 2.32. The van der Waals surface area contributed by atoms with Crippen molar-refractivity contribution in [3.8, 4) is 5.75 Å². The fourth-order valence-corrected chi connectivity index (χ4v) is 3.52. The van der Waals surface area contributed by atoms with Crippen LogP contribution in [-0.2, 0) is 9.59 Å². The van der Waals surface area contributed by atoms with E-state index in [0.29, 0.717) is 27.3 Å². The van der Waals surface area contributed by atoms with Crippen LogP contribution in [0.4, 0.5) is 11.4 Å². The second kappa shape index (κ2) is 8.25. The van der Waals surface area contributed by atoms with Crippen molar-refractivity contribution >= 4 is 51.7 Å². The van der Waals surface area contributed by atoms with Crippen LogP contribution in [0, 0.1) is 0 Å². The SMILES string of the molecule is COc1ccccc1N=C1NC(=O)[C@@H](CC(=O)Nc2ccccc2Cl)S1. The number of nitrogens with one attached hydrogen (secondary N) is 2. The number of aliphatic imine (C=N–C) groups is 1. The maximum Gasteiger partial charge on any atom is 0.240 e. The van der Waals surface area contributed by atoms with Crippen molar-refractivity contribution in [3.05, 3.63) is 53.6 Å². The summed E-state index contributed by atoms with van der Waals surface area (Å²) >= 11 is 7.24. The number of methoxy groups -OCH3 is 1. The van der Waals surface area contributed by atoms with Crippen molar-refractivity contribution in [2.75, 3.05) is 12.4 Å². The predicted molar refractivity (Wildman–Crippen MR) is 104 cm³/mol. The zero-order chi connectivity index (χ0) is 18.5. The van der Waals surface area contributed by atoms with Gasteiger partial charge in [0.25, 0.3) is 0 Å². The van der Waals surface area contributed by atoms with Gasteiger partial charge in [-0.3, -0.25) is 9.59 Å². The summed E-state index contributed by atoms with van der Waals surface area (Å²) in [6.45, 7) is 0. The molecule has 2 aromatic carbocycles. The first-order valence-corrected chi connectivity index (χ1v) is 9.06. The summed E-state index contributed by atoms with van der Waals surface area (Å²) in [6.07, 6.45) is 0.0205. The normalized spacial score (nSPS) is 17.8. The van der Waals surface area contributed by atoms with E-state index < -0.39 is 5.25 Å². The molecule has 1 aliphatic rings. The van der Waals surface area contributed by atoms with Gasteiger partial charge >= 0.3 is 0 Å². The number of amidine groups is 1. The quantitative estimate of drug-likeness (QED) is 0.818. The van der Waals surface area contributed by atoms with E-state index in [9.17, 15) is 9.59 Å². The van der Waals surface area contributed by atoms with E-state index in [4.69, 9.17) is 16.3 Å². The molecule has 0 spiro atoms. The third kappa shape index (κ3) is 4.36. The van der Waals surface area contributed by atoms with E-state index >= 15 is 0 Å². The van der Waals surface area contributed by atoms with Crippen LogP contribution in [0.2, 0.25) is 5.02 Å². The second-order valence-electron chi connectivity index (χ2n) is 5.42. The van der Waals surface area contributed by atoms with Crippen molar-refractivity contribution in [1.29, 1.82) is 0 Å². The summed E-state index contributed by atoms with van der Waals surface area (Å²) < 4.78 is 5.25. The number of para-hydroxylation sites is 3. The van der Waals surface area contributed by atoms with E-state index in [1.54, 1.807) is 43.5 Å². The Hall–Kier alpha value is -2.51. The summed E-state index contributed by atoms with van der Waals surface area (Å²) in [4.78, 5) is 28.7. The first-order chi connectivity index (χ1) is 12.6. The van der Waals surface area contributed by atoms with Gasteiger partial charge in [-0.15, -0.1) is 0 Å². The van der Waals surface area contributed by atoms with Crippen LogP contribution in [0.5, 0.6) is 5.75 Å². The highest BCUT2D eigenvalue weighted by molar-refractivity contribution is 8.15. The molecule has 2 N–H and O–H groups in total. The Morgan fingerprint density at radius 3 is 2.77 bits per heavy atom. The first-order valence-electron chi connectivity index (χ1n) is 7.80. The Morgan fingerprint density at radius 1 is 1.27 bits per heavy atom. The smallest absolute Gasteiger partial charge is 0.240 e. The molecule has 2 aromatic rings. The molecule has 1 fully saturated rings. The lowest BCUT2D eigenvalue weighted by molar-refractivity contribution is -0.122. The van der Waals surface area contributed by atoms with Gasteiger partial charge in [-0.25, -0.2) is 4.99 Å². The summed E-state index contributed by atoms with van der Waals surface area (Å²) in [5.74, 6) is 0.0667. The fraction of sp³-hybridized carbons (Fsp3) is 0.167. The maximum absolute atomic E-state index is 12.2. The maximum atomic E-state index is 12.2. The lowest BCUT2D eigenvalue weighted by Gasteiger charge is -2.08. The molecule has 3 rings (SSSR count). The number of ether oxygens (including phenoxy) is 1. The van der Waals surface area contributed by atoms with Gasteiger partial charge in [0.05, 0.1) is 17.8 Å². The molecule has 8 heteroatoms. The van der Waals surface area contributed by atoms with E-state index in [1.165, 1.54) is 11.8 Å². The highest BCUT2D eigenvalue weighted by atomic mass is 35.5. The summed E-state index contributed by atoms with van der Waals surface area (Å²) in [6, 6.07) is 14.2. The van der Waals surface area contributed by atoms with Gasteiger partial charge in [0.1, 0.15) is 16.7 Å². The molecule has 1 atom stereocenters. The number of anilines is 1. The minimum absolute atomic E-state index is 0.0205. The Kier molecular flexibility index (Phi) is 5.80. The Bertz CT molecular complexity index is 872. The number of hydrogen-bond acceptors (Lipinski definition) is 5. The monoisotopic (exact) mass is 389 g/mol. The highest BCUT2D eigenvalue weighted by Crippen LogP contribution is 2.31. The molecule has 1 aliphatic heterocycles. The van der Waals surface area contributed by atoms with Crippen molar-refractivity contribution in [2.45, 2.75) is 11.7 Å². The van der Waals surface area contributed by atoms with E-state index in [1.807, 2.05) is 12.1 Å². The van der Waals surface area contributed by atoms with E-state index in [-0.39, 0.29) is 18.2 Å². The molecule has 26 heavy (non-hydrogen) atoms. The molecule has 0 unspecified atom stereocenters. The molecule has 1 heterocycles. The Balaban J connectivity index is 1.65. The number of rotatable bonds is 5. The molecule has 2 amide bonds. The predicted octanol–water partition coefficient (Wildman–Crippen LogP) is 3.60. The Labute approximate surface area is 160 Å². The van der Waals surface area contributed by atoms with Crippen molar-refractivity contribution in [1.82, 2.24) is 5.32 Å². The van der Waals surface area contributed by atoms with Crippen LogP contribution in [0.3, 0.4) is 0 Å². The van der Waals surface area contributed by atoms with Crippen LogP contribution >= 0.6 is 23.4 Å². The number of hydrogen-bond donors (Lipinski definition) is 2. The minimum Gasteiger partial charge on any atom is -0.494 e. The molecular formula is C18H16ClN3O3S. The molecule has 1 saturated heterocycles. The molecule has 0 aromatic heterocycles. The van der Waals surface area contributed by atoms with Gasteiger partial charge in [0.2, 0.25) is 11.8 Å². The number of carbonyl (C=O) groups is 2. The van der Waals surface area contributed by atoms with Gasteiger partial charge in [0, 0.05) is 6.42 Å². The molecule has 0 radical (unpaired) electrons. The molecule has 6 nitrogen and oxygen atoms in total. The van der Waals surface area contributed by atoms with Crippen molar-refractivity contribution < 1.29 is 14.3 Å². The zero-order valence-corrected chi connectivity index (χ0v) is 15.4. The molecule has 0 aliphatic carbocycles. The van der Waals surface area contributed by atoms with Crippen LogP contribution in [0.1, 0.15) is 6.42 Å². The number of carbonyl (C=O) groups excluding carboxylic acids is 2. The minimum atomic E-state index is -0.550. The zero-order valence-electron chi connectivity index (χ0n) is 13.9. The summed E-state index contributed by atoms with van der Waals surface area (Å²) in [5.41, 5.74) is 1.13. The van der Waals surface area contributed by atoms with Crippen LogP contribution in [0.25, 0.3) is 0 Å². The summed E-state index contributed by atoms with van der Waals surface area (Å²) in [7, 11) is 1.56. The topological polar surface area (TPSA) is 79.8 Å². The molecule has 0 saturated carbocycles. The molecular weight excluding hydrogens is 374 g/mol. The molecule has 0 bridgehead atoms. The van der Waals surface area contributed by atoms with Gasteiger partial charge in [0.15, 0.2) is 5.17 Å². The van der Waals surface area contributed by atoms with Gasteiger partial charge in [-0.2, -0.15) is 0 Å².